The third-order valence-corrected chi connectivity index (χ3v) is 9.70. The molecule has 1 saturated heterocycles. The maximum atomic E-state index is 12.9. The number of carbonyl (C=O) groups excluding carboxylic acids is 1. The molecule has 44 heavy (non-hydrogen) atoms. The number of hydrogen-bond acceptors (Lipinski definition) is 7. The van der Waals surface area contributed by atoms with Gasteiger partial charge in [-0.15, -0.1) is 11.3 Å². The molecule has 2 aromatic heterocycles. The molecule has 0 radical (unpaired) electrons. The molecule has 1 aliphatic heterocycles. The molecule has 0 spiro atoms. The predicted molar refractivity (Wildman–Crippen MR) is 182 cm³/mol. The second-order valence-electron chi connectivity index (χ2n) is 12.6. The lowest BCUT2D eigenvalue weighted by molar-refractivity contribution is -0.158. The van der Waals surface area contributed by atoms with E-state index in [4.69, 9.17) is 9.47 Å². The SMILES string of the molecule is CCCCCCC(C)(C)C(=O)OCn1c(=O)ccc2ccc(OCCCCN3CCN(c4cccc5sccc45)CC3)cc21. The average Bonchev–Trinajstić information content (AvgIpc) is 3.52. The Morgan fingerprint density at radius 1 is 0.932 bits per heavy atom. The summed E-state index contributed by atoms with van der Waals surface area (Å²) < 4.78 is 14.7. The van der Waals surface area contributed by atoms with Gasteiger partial charge in [-0.2, -0.15) is 0 Å². The molecule has 0 saturated carbocycles. The van der Waals surface area contributed by atoms with E-state index in [9.17, 15) is 9.59 Å². The molecule has 0 amide bonds. The highest BCUT2D eigenvalue weighted by molar-refractivity contribution is 7.17. The van der Waals surface area contributed by atoms with Crippen LogP contribution in [0.25, 0.3) is 21.0 Å². The number of hydrogen-bond donors (Lipinski definition) is 0. The number of anilines is 1. The van der Waals surface area contributed by atoms with Crippen molar-refractivity contribution in [1.29, 1.82) is 0 Å². The van der Waals surface area contributed by atoms with Crippen molar-refractivity contribution < 1.29 is 14.3 Å². The fraction of sp³-hybridized carbons (Fsp3) is 0.500. The Morgan fingerprint density at radius 3 is 2.57 bits per heavy atom. The number of thiophene rings is 1. The molecule has 236 valence electrons. The topological polar surface area (TPSA) is 64.0 Å². The summed E-state index contributed by atoms with van der Waals surface area (Å²) in [5.41, 5.74) is 1.29. The Labute approximate surface area is 265 Å². The number of rotatable bonds is 15. The third-order valence-electron chi connectivity index (χ3n) is 8.82. The highest BCUT2D eigenvalue weighted by Gasteiger charge is 2.29. The van der Waals surface area contributed by atoms with Crippen molar-refractivity contribution in [3.63, 3.8) is 0 Å². The highest BCUT2D eigenvalue weighted by atomic mass is 32.1. The minimum atomic E-state index is -0.581. The Balaban J connectivity index is 1.08. The van der Waals surface area contributed by atoms with Crippen molar-refractivity contribution in [2.75, 3.05) is 44.2 Å². The van der Waals surface area contributed by atoms with Crippen LogP contribution < -0.4 is 15.2 Å². The summed E-state index contributed by atoms with van der Waals surface area (Å²) in [7, 11) is 0. The molecule has 2 aromatic carbocycles. The predicted octanol–water partition coefficient (Wildman–Crippen LogP) is 7.69. The van der Waals surface area contributed by atoms with Crippen LogP contribution in [0.5, 0.6) is 5.75 Å². The van der Waals surface area contributed by atoms with Crippen molar-refractivity contribution in [2.45, 2.75) is 72.4 Å². The van der Waals surface area contributed by atoms with E-state index in [0.717, 1.165) is 82.4 Å². The first-order valence-electron chi connectivity index (χ1n) is 16.2. The first-order chi connectivity index (χ1) is 21.4. The highest BCUT2D eigenvalue weighted by Crippen LogP contribution is 2.31. The fourth-order valence-corrected chi connectivity index (χ4v) is 6.81. The molecule has 3 heterocycles. The number of esters is 1. The van der Waals surface area contributed by atoms with E-state index in [-0.39, 0.29) is 18.3 Å². The lowest BCUT2D eigenvalue weighted by atomic mass is 9.87. The fourth-order valence-electron chi connectivity index (χ4n) is 6.00. The maximum Gasteiger partial charge on any atom is 0.313 e. The third kappa shape index (κ3) is 8.02. The second kappa shape index (κ2) is 15.1. The molecule has 0 N–H and O–H groups in total. The molecule has 7 nitrogen and oxygen atoms in total. The molecule has 0 unspecified atom stereocenters. The smallest absolute Gasteiger partial charge is 0.313 e. The number of ether oxygens (including phenoxy) is 2. The van der Waals surface area contributed by atoms with Gasteiger partial charge in [-0.05, 0) is 86.8 Å². The van der Waals surface area contributed by atoms with Gasteiger partial charge < -0.3 is 14.4 Å². The zero-order valence-corrected chi connectivity index (χ0v) is 27.4. The molecule has 1 fully saturated rings. The van der Waals surface area contributed by atoms with Crippen molar-refractivity contribution in [3.05, 3.63) is 70.3 Å². The van der Waals surface area contributed by atoms with Crippen molar-refractivity contribution in [2.24, 2.45) is 5.41 Å². The molecule has 0 bridgehead atoms. The van der Waals surface area contributed by atoms with Crippen LogP contribution >= 0.6 is 11.3 Å². The van der Waals surface area contributed by atoms with Gasteiger partial charge in [0, 0.05) is 54.1 Å². The minimum absolute atomic E-state index is 0.105. The van der Waals surface area contributed by atoms with Crippen LogP contribution in [0.1, 0.15) is 65.7 Å². The largest absolute Gasteiger partial charge is 0.494 e. The Hall–Kier alpha value is -3.36. The van der Waals surface area contributed by atoms with Crippen LogP contribution in [0.15, 0.2) is 64.8 Å². The summed E-state index contributed by atoms with van der Waals surface area (Å²) in [5, 5.41) is 4.45. The molecule has 1 aliphatic rings. The number of fused-ring (bicyclic) bond motifs is 2. The second-order valence-corrected chi connectivity index (χ2v) is 13.5. The zero-order valence-electron chi connectivity index (χ0n) is 26.6. The summed E-state index contributed by atoms with van der Waals surface area (Å²) in [6, 6.07) is 18.0. The number of benzene rings is 2. The minimum Gasteiger partial charge on any atom is -0.494 e. The quantitative estimate of drug-likeness (QED) is 0.101. The van der Waals surface area contributed by atoms with Gasteiger partial charge in [-0.3, -0.25) is 19.1 Å². The van der Waals surface area contributed by atoms with E-state index in [1.165, 1.54) is 32.8 Å². The normalized spacial score (nSPS) is 14.4. The number of carbonyl (C=O) groups is 1. The van der Waals surface area contributed by atoms with Crippen LogP contribution in [-0.2, 0) is 16.3 Å². The van der Waals surface area contributed by atoms with Gasteiger partial charge >= 0.3 is 5.97 Å². The van der Waals surface area contributed by atoms with E-state index in [1.807, 2.05) is 32.0 Å². The average molecular weight is 618 g/mol. The van der Waals surface area contributed by atoms with E-state index >= 15 is 0 Å². The van der Waals surface area contributed by atoms with E-state index in [2.05, 4.69) is 46.4 Å². The summed E-state index contributed by atoms with van der Waals surface area (Å²) in [6.07, 6.45) is 7.25. The Kier molecular flexibility index (Phi) is 11.0. The van der Waals surface area contributed by atoms with Crippen LogP contribution in [0.3, 0.4) is 0 Å². The number of aromatic nitrogens is 1. The molecule has 0 atom stereocenters. The van der Waals surface area contributed by atoms with E-state index in [0.29, 0.717) is 12.1 Å². The van der Waals surface area contributed by atoms with Gasteiger partial charge in [0.25, 0.3) is 5.56 Å². The van der Waals surface area contributed by atoms with Gasteiger partial charge in [0.2, 0.25) is 0 Å². The van der Waals surface area contributed by atoms with Crippen LogP contribution in [0.2, 0.25) is 0 Å². The first kappa shape index (κ1) is 32.0. The number of piperazine rings is 1. The van der Waals surface area contributed by atoms with E-state index in [1.54, 1.807) is 17.4 Å². The van der Waals surface area contributed by atoms with Gasteiger partial charge in [-0.25, -0.2) is 0 Å². The summed E-state index contributed by atoms with van der Waals surface area (Å²) in [4.78, 5) is 30.7. The maximum absolute atomic E-state index is 12.9. The Morgan fingerprint density at radius 2 is 1.75 bits per heavy atom. The standard InChI is InChI=1S/C36H47N3O4S/c1-4-5-6-7-18-36(2,3)35(41)43-27-39-32-26-29(15-13-28(32)14-16-34(39)40)42-24-9-8-19-37-20-22-38(23-21-37)31-11-10-12-33-30(31)17-25-44-33/h10-17,25-26H,4-9,18-24,27H2,1-3H3. The van der Waals surface area contributed by atoms with Crippen LogP contribution in [0.4, 0.5) is 5.69 Å². The molecule has 0 aliphatic carbocycles. The number of nitrogens with zero attached hydrogens (tertiary/aromatic N) is 3. The van der Waals surface area contributed by atoms with Gasteiger partial charge in [0.15, 0.2) is 6.73 Å². The van der Waals surface area contributed by atoms with Crippen LogP contribution in [0, 0.1) is 5.41 Å². The summed E-state index contributed by atoms with van der Waals surface area (Å²) in [6.45, 7) is 11.8. The van der Waals surface area contributed by atoms with Crippen molar-refractivity contribution in [3.8, 4) is 5.75 Å². The summed E-state index contributed by atoms with van der Waals surface area (Å²) >= 11 is 1.81. The number of unbranched alkanes of at least 4 members (excludes halogenated alkanes) is 4. The molecular formula is C36H47N3O4S. The van der Waals surface area contributed by atoms with Crippen molar-refractivity contribution in [1.82, 2.24) is 9.47 Å². The molecule has 8 heteroatoms. The van der Waals surface area contributed by atoms with Crippen molar-refractivity contribution >= 4 is 44.0 Å². The van der Waals surface area contributed by atoms with Gasteiger partial charge in [-0.1, -0.05) is 38.7 Å². The lowest BCUT2D eigenvalue weighted by Gasteiger charge is -2.36. The lowest BCUT2D eigenvalue weighted by Crippen LogP contribution is -2.46. The Bertz CT molecular complexity index is 1590. The van der Waals surface area contributed by atoms with E-state index < -0.39 is 5.41 Å². The monoisotopic (exact) mass is 617 g/mol. The van der Waals surface area contributed by atoms with Gasteiger partial charge in [0.1, 0.15) is 5.75 Å². The van der Waals surface area contributed by atoms with Crippen LogP contribution in [-0.4, -0.2) is 54.8 Å². The summed E-state index contributed by atoms with van der Waals surface area (Å²) in [5.74, 6) is 0.446. The first-order valence-corrected chi connectivity index (χ1v) is 17.1. The number of pyridine rings is 1. The molecule has 4 aromatic rings. The van der Waals surface area contributed by atoms with Gasteiger partial charge in [0.05, 0.1) is 17.5 Å². The molecular weight excluding hydrogens is 570 g/mol. The molecule has 5 rings (SSSR count). The zero-order chi connectivity index (χ0) is 30.9.